The van der Waals surface area contributed by atoms with Gasteiger partial charge in [-0.05, 0) is 32.9 Å². The van der Waals surface area contributed by atoms with Gasteiger partial charge in [-0.3, -0.25) is 4.79 Å². The first-order valence-corrected chi connectivity index (χ1v) is 8.22. The Bertz CT molecular complexity index is 900. The molecule has 0 aliphatic carbocycles. The molecule has 0 N–H and O–H groups in total. The SMILES string of the molecule is Cc1ccc(OCCN(C)C(=O)c2cnc3cc(C)nn3c2C)cc1. The van der Waals surface area contributed by atoms with E-state index in [0.717, 1.165) is 22.8 Å². The van der Waals surface area contributed by atoms with E-state index in [4.69, 9.17) is 4.74 Å². The zero-order chi connectivity index (χ0) is 18.0. The number of amides is 1. The molecule has 1 aromatic carbocycles. The van der Waals surface area contributed by atoms with Crippen molar-refractivity contribution in [3.05, 3.63) is 59.0 Å². The Hall–Kier alpha value is -2.89. The first-order valence-electron chi connectivity index (χ1n) is 8.22. The number of ether oxygens (including phenoxy) is 1. The molecular weight excluding hydrogens is 316 g/mol. The minimum atomic E-state index is -0.0902. The van der Waals surface area contributed by atoms with Gasteiger partial charge >= 0.3 is 0 Å². The molecular formula is C19H22N4O2. The third kappa shape index (κ3) is 3.63. The highest BCUT2D eigenvalue weighted by molar-refractivity contribution is 5.95. The number of likely N-dealkylation sites (N-methyl/N-ethyl adjacent to an activating group) is 1. The Morgan fingerprint density at radius 2 is 1.92 bits per heavy atom. The molecule has 25 heavy (non-hydrogen) atoms. The molecule has 2 heterocycles. The predicted molar refractivity (Wildman–Crippen MR) is 96.1 cm³/mol. The van der Waals surface area contributed by atoms with Crippen molar-refractivity contribution >= 4 is 11.6 Å². The van der Waals surface area contributed by atoms with E-state index in [0.29, 0.717) is 18.7 Å². The van der Waals surface area contributed by atoms with Crippen molar-refractivity contribution in [2.75, 3.05) is 20.2 Å². The summed E-state index contributed by atoms with van der Waals surface area (Å²) >= 11 is 0. The van der Waals surface area contributed by atoms with Gasteiger partial charge in [-0.15, -0.1) is 0 Å². The van der Waals surface area contributed by atoms with Crippen molar-refractivity contribution in [2.45, 2.75) is 20.8 Å². The Morgan fingerprint density at radius 1 is 1.20 bits per heavy atom. The first-order chi connectivity index (χ1) is 12.0. The molecule has 2 aromatic heterocycles. The Morgan fingerprint density at radius 3 is 2.64 bits per heavy atom. The van der Waals surface area contributed by atoms with Crippen LogP contribution in [0.5, 0.6) is 5.75 Å². The molecule has 0 fully saturated rings. The molecule has 130 valence electrons. The number of benzene rings is 1. The van der Waals surface area contributed by atoms with Crippen molar-refractivity contribution in [1.82, 2.24) is 19.5 Å². The summed E-state index contributed by atoms with van der Waals surface area (Å²) in [6.07, 6.45) is 1.62. The third-order valence-electron chi connectivity index (χ3n) is 4.14. The number of carbonyl (C=O) groups is 1. The number of carbonyl (C=O) groups excluding carboxylic acids is 1. The maximum atomic E-state index is 12.7. The van der Waals surface area contributed by atoms with E-state index < -0.39 is 0 Å². The van der Waals surface area contributed by atoms with Gasteiger partial charge < -0.3 is 9.64 Å². The van der Waals surface area contributed by atoms with E-state index in [9.17, 15) is 4.79 Å². The van der Waals surface area contributed by atoms with Crippen LogP contribution in [0.4, 0.5) is 0 Å². The van der Waals surface area contributed by atoms with Gasteiger partial charge in [0.15, 0.2) is 5.65 Å². The van der Waals surface area contributed by atoms with Crippen molar-refractivity contribution in [3.63, 3.8) is 0 Å². The van der Waals surface area contributed by atoms with E-state index >= 15 is 0 Å². The highest BCUT2D eigenvalue weighted by atomic mass is 16.5. The zero-order valence-electron chi connectivity index (χ0n) is 15.0. The van der Waals surface area contributed by atoms with Crippen molar-refractivity contribution in [3.8, 4) is 5.75 Å². The summed E-state index contributed by atoms with van der Waals surface area (Å²) < 4.78 is 7.40. The smallest absolute Gasteiger partial charge is 0.257 e. The lowest BCUT2D eigenvalue weighted by atomic mass is 10.2. The molecule has 6 heteroatoms. The number of hydrogen-bond donors (Lipinski definition) is 0. The highest BCUT2D eigenvalue weighted by Crippen LogP contribution is 2.14. The van der Waals surface area contributed by atoms with Crippen LogP contribution in [0.3, 0.4) is 0 Å². The van der Waals surface area contributed by atoms with Crippen LogP contribution < -0.4 is 4.74 Å². The summed E-state index contributed by atoms with van der Waals surface area (Å²) in [4.78, 5) is 18.7. The zero-order valence-corrected chi connectivity index (χ0v) is 15.0. The average molecular weight is 338 g/mol. The molecule has 0 aliphatic heterocycles. The van der Waals surface area contributed by atoms with E-state index in [1.54, 1.807) is 22.7 Å². The van der Waals surface area contributed by atoms with Crippen LogP contribution in [0.2, 0.25) is 0 Å². The van der Waals surface area contributed by atoms with Crippen LogP contribution in [-0.2, 0) is 0 Å². The molecule has 0 atom stereocenters. The average Bonchev–Trinajstić information content (AvgIpc) is 2.98. The standard InChI is InChI=1S/C19H22N4O2/c1-13-5-7-16(8-6-13)25-10-9-22(4)19(24)17-12-20-18-11-14(2)21-23(18)15(17)3/h5-8,11-12H,9-10H2,1-4H3. The van der Waals surface area contributed by atoms with E-state index in [-0.39, 0.29) is 5.91 Å². The van der Waals surface area contributed by atoms with E-state index in [2.05, 4.69) is 10.1 Å². The van der Waals surface area contributed by atoms with E-state index in [1.807, 2.05) is 51.1 Å². The summed E-state index contributed by atoms with van der Waals surface area (Å²) in [5.41, 5.74) is 4.15. The normalized spacial score (nSPS) is 10.9. The molecule has 0 spiro atoms. The van der Waals surface area contributed by atoms with Gasteiger partial charge in [0.1, 0.15) is 12.4 Å². The van der Waals surface area contributed by atoms with Crippen LogP contribution in [0.15, 0.2) is 36.5 Å². The lowest BCUT2D eigenvalue weighted by molar-refractivity contribution is 0.0772. The minimum absolute atomic E-state index is 0.0902. The summed E-state index contributed by atoms with van der Waals surface area (Å²) in [5.74, 6) is 0.713. The van der Waals surface area contributed by atoms with Crippen LogP contribution in [-0.4, -0.2) is 45.6 Å². The van der Waals surface area contributed by atoms with Crippen molar-refractivity contribution in [1.29, 1.82) is 0 Å². The lowest BCUT2D eigenvalue weighted by Gasteiger charge is -2.18. The van der Waals surface area contributed by atoms with Gasteiger partial charge in [0.05, 0.1) is 23.5 Å². The quantitative estimate of drug-likeness (QED) is 0.718. The predicted octanol–water partition coefficient (Wildman–Crippen LogP) is 2.81. The van der Waals surface area contributed by atoms with Gasteiger partial charge in [-0.2, -0.15) is 5.10 Å². The summed E-state index contributed by atoms with van der Waals surface area (Å²) in [6.45, 7) is 6.74. The topological polar surface area (TPSA) is 59.7 Å². The van der Waals surface area contributed by atoms with Gasteiger partial charge in [-0.25, -0.2) is 9.50 Å². The molecule has 0 bridgehead atoms. The number of aryl methyl sites for hydroxylation is 3. The second-order valence-corrected chi connectivity index (χ2v) is 6.20. The third-order valence-corrected chi connectivity index (χ3v) is 4.14. The minimum Gasteiger partial charge on any atom is -0.492 e. The molecule has 3 rings (SSSR count). The van der Waals surface area contributed by atoms with Gasteiger partial charge in [0, 0.05) is 19.3 Å². The second kappa shape index (κ2) is 6.93. The summed E-state index contributed by atoms with van der Waals surface area (Å²) in [7, 11) is 1.76. The fourth-order valence-electron chi connectivity index (χ4n) is 2.61. The molecule has 0 unspecified atom stereocenters. The Balaban J connectivity index is 1.65. The maximum absolute atomic E-state index is 12.7. The Kier molecular flexibility index (Phi) is 4.70. The fraction of sp³-hybridized carbons (Fsp3) is 0.316. The fourth-order valence-corrected chi connectivity index (χ4v) is 2.61. The van der Waals surface area contributed by atoms with Crippen LogP contribution in [0, 0.1) is 20.8 Å². The van der Waals surface area contributed by atoms with Crippen LogP contribution in [0.25, 0.3) is 5.65 Å². The summed E-state index contributed by atoms with van der Waals surface area (Å²) in [6, 6.07) is 9.75. The van der Waals surface area contributed by atoms with Crippen molar-refractivity contribution < 1.29 is 9.53 Å². The van der Waals surface area contributed by atoms with Gasteiger partial charge in [0.2, 0.25) is 0 Å². The largest absolute Gasteiger partial charge is 0.492 e. The number of aromatic nitrogens is 3. The molecule has 6 nitrogen and oxygen atoms in total. The highest BCUT2D eigenvalue weighted by Gasteiger charge is 2.17. The second-order valence-electron chi connectivity index (χ2n) is 6.20. The van der Waals surface area contributed by atoms with Gasteiger partial charge in [-0.1, -0.05) is 17.7 Å². The molecule has 1 amide bonds. The molecule has 0 saturated heterocycles. The Labute approximate surface area is 147 Å². The monoisotopic (exact) mass is 338 g/mol. The van der Waals surface area contributed by atoms with E-state index in [1.165, 1.54) is 5.56 Å². The van der Waals surface area contributed by atoms with Crippen LogP contribution >= 0.6 is 0 Å². The number of fused-ring (bicyclic) bond motifs is 1. The first kappa shape index (κ1) is 17.0. The molecule has 0 radical (unpaired) electrons. The number of nitrogens with zero attached hydrogens (tertiary/aromatic N) is 4. The molecule has 0 aliphatic rings. The maximum Gasteiger partial charge on any atom is 0.257 e. The number of hydrogen-bond acceptors (Lipinski definition) is 4. The lowest BCUT2D eigenvalue weighted by Crippen LogP contribution is -2.31. The van der Waals surface area contributed by atoms with Crippen molar-refractivity contribution in [2.24, 2.45) is 0 Å². The van der Waals surface area contributed by atoms with Crippen LogP contribution in [0.1, 0.15) is 27.3 Å². The van der Waals surface area contributed by atoms with Gasteiger partial charge in [0.25, 0.3) is 5.91 Å². The molecule has 3 aromatic rings. The number of rotatable bonds is 5. The molecule has 0 saturated carbocycles. The summed E-state index contributed by atoms with van der Waals surface area (Å²) in [5, 5.41) is 4.38.